The van der Waals surface area contributed by atoms with Crippen LogP contribution in [0.25, 0.3) is 0 Å². The normalized spacial score (nSPS) is 15.3. The quantitative estimate of drug-likeness (QED) is 0.329. The molecule has 16 heteroatoms. The number of aryl methyl sites for hydroxylation is 1. The molecule has 0 aliphatic carbocycles. The summed E-state index contributed by atoms with van der Waals surface area (Å²) in [5, 5.41) is 8.68. The summed E-state index contributed by atoms with van der Waals surface area (Å²) < 4.78 is 72.8. The van der Waals surface area contributed by atoms with Gasteiger partial charge in [0.15, 0.2) is 5.82 Å². The van der Waals surface area contributed by atoms with Crippen LogP contribution in [-0.4, -0.2) is 57.6 Å². The molecule has 1 aromatic heterocycles. The van der Waals surface area contributed by atoms with Crippen molar-refractivity contribution in [1.29, 1.82) is 0 Å². The van der Waals surface area contributed by atoms with Crippen molar-refractivity contribution in [3.63, 3.8) is 0 Å². The number of carbonyl (C=O) groups excluding carboxylic acids is 2. The first-order valence-electron chi connectivity index (χ1n) is 13.0. The molecule has 0 bridgehead atoms. The number of hydrogen-bond acceptors (Lipinski definition) is 10. The molecule has 4 rings (SSSR count). The number of ether oxygens (including phenoxy) is 2. The number of hydrogen-bond donors (Lipinski definition) is 2. The predicted molar refractivity (Wildman–Crippen MR) is 154 cm³/mol. The number of alkyl carbamates (subject to hydrolysis) is 1. The molecule has 0 radical (unpaired) electrons. The van der Waals surface area contributed by atoms with Crippen molar-refractivity contribution >= 4 is 56.7 Å². The highest BCUT2D eigenvalue weighted by atomic mass is 35.5. The summed E-state index contributed by atoms with van der Waals surface area (Å²) in [4.78, 5) is 25.5. The lowest BCUT2D eigenvalue weighted by Crippen LogP contribution is -2.41. The van der Waals surface area contributed by atoms with Crippen LogP contribution in [0, 0.1) is 18.6 Å². The molecule has 2 heterocycles. The molecule has 3 aromatic rings. The second-order valence-electron chi connectivity index (χ2n) is 10.6. The van der Waals surface area contributed by atoms with Crippen molar-refractivity contribution in [2.75, 3.05) is 34.7 Å². The predicted octanol–water partition coefficient (Wildman–Crippen LogP) is 5.72. The summed E-state index contributed by atoms with van der Waals surface area (Å²) in [6, 6.07) is 6.70. The van der Waals surface area contributed by atoms with Crippen LogP contribution in [0.4, 0.5) is 41.2 Å². The van der Waals surface area contributed by atoms with Crippen LogP contribution in [0.3, 0.4) is 0 Å². The lowest BCUT2D eigenvalue weighted by molar-refractivity contribution is 0.0607. The number of rotatable bonds is 7. The molecule has 43 heavy (non-hydrogen) atoms. The van der Waals surface area contributed by atoms with E-state index in [0.717, 1.165) is 12.1 Å². The molecule has 232 valence electrons. The Hall–Kier alpha value is -4.11. The van der Waals surface area contributed by atoms with Crippen LogP contribution in [-0.2, 0) is 19.5 Å². The van der Waals surface area contributed by atoms with Crippen LogP contribution < -0.4 is 19.8 Å². The van der Waals surface area contributed by atoms with E-state index in [2.05, 4.69) is 15.8 Å². The maximum Gasteiger partial charge on any atom is 0.430 e. The number of benzene rings is 2. The third-order valence-electron chi connectivity index (χ3n) is 6.12. The van der Waals surface area contributed by atoms with Gasteiger partial charge in [0.1, 0.15) is 34.0 Å². The molecule has 1 saturated heterocycles. The lowest BCUT2D eigenvalue weighted by atomic mass is 10.2. The molecule has 0 spiro atoms. The van der Waals surface area contributed by atoms with Crippen molar-refractivity contribution < 1.29 is 40.8 Å². The van der Waals surface area contributed by atoms with Crippen molar-refractivity contribution in [1.82, 2.24) is 10.5 Å². The molecule has 2 amide bonds. The maximum atomic E-state index is 15.6. The first-order valence-corrected chi connectivity index (χ1v) is 14.8. The molecule has 1 aliphatic heterocycles. The van der Waals surface area contributed by atoms with Crippen molar-refractivity contribution in [3.8, 4) is 0 Å². The minimum Gasteiger partial charge on any atom is -0.444 e. The first-order chi connectivity index (χ1) is 20.1. The molecule has 1 unspecified atom stereocenters. The fraction of sp³-hybridized carbons (Fsp3) is 0.370. The van der Waals surface area contributed by atoms with Crippen LogP contribution in [0.15, 0.2) is 45.8 Å². The van der Waals surface area contributed by atoms with E-state index in [9.17, 15) is 22.4 Å². The molecule has 2 N–H and O–H groups in total. The Balaban J connectivity index is 1.67. The van der Waals surface area contributed by atoms with Gasteiger partial charge in [0.25, 0.3) is 10.0 Å². The number of sulfonamides is 1. The average Bonchev–Trinajstić information content (AvgIpc) is 3.54. The van der Waals surface area contributed by atoms with Gasteiger partial charge in [0.05, 0.1) is 28.6 Å². The summed E-state index contributed by atoms with van der Waals surface area (Å²) in [6.45, 7) is 6.77. The molecule has 2 aromatic carbocycles. The van der Waals surface area contributed by atoms with E-state index in [0.29, 0.717) is 24.3 Å². The fourth-order valence-electron chi connectivity index (χ4n) is 4.26. The Morgan fingerprint density at radius 2 is 1.88 bits per heavy atom. The number of nitrogens with zero attached hydrogens (tertiary/aromatic N) is 3. The Bertz CT molecular complexity index is 1640. The topological polar surface area (TPSA) is 143 Å². The van der Waals surface area contributed by atoms with Crippen molar-refractivity contribution in [2.24, 2.45) is 0 Å². The second-order valence-corrected chi connectivity index (χ2v) is 12.8. The van der Waals surface area contributed by atoms with Crippen molar-refractivity contribution in [3.05, 3.63) is 58.8 Å². The maximum absolute atomic E-state index is 15.6. The Labute approximate surface area is 251 Å². The monoisotopic (exact) mass is 641 g/mol. The number of carbonyl (C=O) groups is 2. The largest absolute Gasteiger partial charge is 0.444 e. The van der Waals surface area contributed by atoms with Gasteiger partial charge in [-0.2, -0.15) is 0 Å². The van der Waals surface area contributed by atoms with E-state index in [4.69, 9.17) is 25.6 Å². The number of nitrogens with one attached hydrogen (secondary N) is 2. The molecule has 0 saturated carbocycles. The number of amides is 2. The Morgan fingerprint density at radius 1 is 1.16 bits per heavy atom. The lowest BCUT2D eigenvalue weighted by Gasteiger charge is -2.25. The van der Waals surface area contributed by atoms with E-state index in [-0.39, 0.29) is 27.3 Å². The fourth-order valence-corrected chi connectivity index (χ4v) is 5.87. The molecule has 1 aliphatic rings. The minimum absolute atomic E-state index is 0.0376. The smallest absolute Gasteiger partial charge is 0.430 e. The van der Waals surface area contributed by atoms with Gasteiger partial charge in [0.2, 0.25) is 0 Å². The average molecular weight is 642 g/mol. The molecule has 1 fully saturated rings. The van der Waals surface area contributed by atoms with Crippen LogP contribution in [0.2, 0.25) is 5.02 Å². The zero-order valence-corrected chi connectivity index (χ0v) is 25.5. The minimum atomic E-state index is -4.96. The summed E-state index contributed by atoms with van der Waals surface area (Å²) in [5.74, 6) is -2.04. The van der Waals surface area contributed by atoms with Crippen LogP contribution >= 0.6 is 11.6 Å². The van der Waals surface area contributed by atoms with Crippen LogP contribution in [0.1, 0.15) is 33.0 Å². The number of aromatic nitrogens is 1. The Morgan fingerprint density at radius 3 is 2.51 bits per heavy atom. The van der Waals surface area contributed by atoms with E-state index in [1.807, 2.05) is 0 Å². The van der Waals surface area contributed by atoms with E-state index in [1.54, 1.807) is 4.90 Å². The zero-order valence-electron chi connectivity index (χ0n) is 23.9. The number of halogens is 3. The van der Waals surface area contributed by atoms with Gasteiger partial charge in [-0.05, 0) is 52.0 Å². The second kappa shape index (κ2) is 12.2. The van der Waals surface area contributed by atoms with Crippen LogP contribution in [0.5, 0.6) is 0 Å². The van der Waals surface area contributed by atoms with Gasteiger partial charge in [-0.3, -0.25) is 0 Å². The van der Waals surface area contributed by atoms with E-state index in [1.165, 1.54) is 59.0 Å². The van der Waals surface area contributed by atoms with Gasteiger partial charge >= 0.3 is 12.2 Å². The SMILES string of the molecule is CNC(=O)OC1CCN(c2cc(F)ccc2Nc2cc(F)c(S(=O)(=O)N(C(=O)OC(C)(C)C)c3cc(C)on3)cc2Cl)C1. The van der Waals surface area contributed by atoms with Gasteiger partial charge in [-0.1, -0.05) is 16.8 Å². The molecule has 12 nitrogen and oxygen atoms in total. The third-order valence-corrected chi connectivity index (χ3v) is 8.11. The van der Waals surface area contributed by atoms with E-state index < -0.39 is 56.3 Å². The Kier molecular flexibility index (Phi) is 9.06. The number of anilines is 4. The highest BCUT2D eigenvalue weighted by Gasteiger charge is 2.39. The molecular formula is C27H30ClF2N5O7S. The van der Waals surface area contributed by atoms with Gasteiger partial charge < -0.3 is 29.5 Å². The molecule has 1 atom stereocenters. The highest BCUT2D eigenvalue weighted by molar-refractivity contribution is 7.93. The first kappa shape index (κ1) is 31.8. The van der Waals surface area contributed by atoms with E-state index >= 15 is 4.39 Å². The summed E-state index contributed by atoms with van der Waals surface area (Å²) in [7, 11) is -3.52. The standard InChI is InChI=1S/C27H30ClF2N5O7S/c1-15-10-24(33-42-15)35(26(37)41-27(2,3)4)43(38,39)23-12-18(28)21(13-19(23)30)32-20-7-6-16(29)11-22(20)34-9-8-17(14-34)40-25(36)31-5/h6-7,10-13,17,32H,8-9,14H2,1-5H3,(H,31,36). The highest BCUT2D eigenvalue weighted by Crippen LogP contribution is 2.37. The summed E-state index contributed by atoms with van der Waals surface area (Å²) in [6.07, 6.45) is -1.88. The van der Waals surface area contributed by atoms with Gasteiger partial charge in [-0.15, -0.1) is 4.31 Å². The van der Waals surface area contributed by atoms with Crippen molar-refractivity contribution in [2.45, 2.75) is 50.7 Å². The molecular weight excluding hydrogens is 612 g/mol. The zero-order chi connectivity index (χ0) is 31.7. The third kappa shape index (κ3) is 7.28. The van der Waals surface area contributed by atoms with Gasteiger partial charge in [0, 0.05) is 32.1 Å². The van der Waals surface area contributed by atoms with Gasteiger partial charge in [-0.25, -0.2) is 26.8 Å². The summed E-state index contributed by atoms with van der Waals surface area (Å²) >= 11 is 6.42. The summed E-state index contributed by atoms with van der Waals surface area (Å²) in [5.41, 5.74) is -0.421.